The van der Waals surface area contributed by atoms with E-state index in [4.69, 9.17) is 0 Å². The van der Waals surface area contributed by atoms with E-state index in [1.165, 1.54) is 36.4 Å². The summed E-state index contributed by atoms with van der Waals surface area (Å²) in [4.78, 5) is 12.4. The zero-order chi connectivity index (χ0) is 22.1. The molecule has 1 aromatic heterocycles. The van der Waals surface area contributed by atoms with Gasteiger partial charge in [0.05, 0.1) is 11.9 Å². The Balaban J connectivity index is 1.91. The Morgan fingerprint density at radius 2 is 1.70 bits per heavy atom. The standard InChI is InChI=1S/C17H13F4N5O3S/c1-30(28,29)24-12-7-5-11(6-8-12)22-16(27)14-15(17(19,20)21)26(25-23-14)13-4-2-3-10(18)9-13/h2-9,24H,1H3,(H,22,27). The Morgan fingerprint density at radius 3 is 2.27 bits per heavy atom. The minimum atomic E-state index is -5.01. The number of halogens is 4. The van der Waals surface area contributed by atoms with Crippen LogP contribution in [0, 0.1) is 5.82 Å². The number of rotatable bonds is 5. The smallest absolute Gasteiger partial charge is 0.321 e. The normalized spacial score (nSPS) is 11.9. The molecular formula is C17H13F4N5O3S. The van der Waals surface area contributed by atoms with Gasteiger partial charge >= 0.3 is 6.18 Å². The topological polar surface area (TPSA) is 106 Å². The molecule has 0 radical (unpaired) electrons. The quantitative estimate of drug-likeness (QED) is 0.590. The van der Waals surface area contributed by atoms with Gasteiger partial charge in [-0.1, -0.05) is 11.3 Å². The third kappa shape index (κ3) is 4.92. The van der Waals surface area contributed by atoms with Crippen LogP contribution in [0.15, 0.2) is 48.5 Å². The molecule has 2 N–H and O–H groups in total. The van der Waals surface area contributed by atoms with Gasteiger partial charge in [-0.05, 0) is 42.5 Å². The molecule has 0 unspecified atom stereocenters. The van der Waals surface area contributed by atoms with Crippen molar-refractivity contribution in [2.24, 2.45) is 0 Å². The van der Waals surface area contributed by atoms with Gasteiger partial charge in [0, 0.05) is 11.4 Å². The zero-order valence-corrected chi connectivity index (χ0v) is 15.9. The van der Waals surface area contributed by atoms with Crippen LogP contribution in [0.4, 0.5) is 28.9 Å². The molecule has 2 aromatic carbocycles. The minimum Gasteiger partial charge on any atom is -0.321 e. The van der Waals surface area contributed by atoms with Crippen LogP contribution in [0.5, 0.6) is 0 Å². The summed E-state index contributed by atoms with van der Waals surface area (Å²) in [5.74, 6) is -1.99. The molecular weight excluding hydrogens is 430 g/mol. The summed E-state index contributed by atoms with van der Waals surface area (Å²) in [5.41, 5.74) is -2.45. The van der Waals surface area contributed by atoms with E-state index < -0.39 is 39.3 Å². The third-order valence-corrected chi connectivity index (χ3v) is 4.26. The molecule has 0 atom stereocenters. The van der Waals surface area contributed by atoms with Crippen molar-refractivity contribution in [1.29, 1.82) is 0 Å². The summed E-state index contributed by atoms with van der Waals surface area (Å²) in [6.45, 7) is 0. The average Bonchev–Trinajstić information content (AvgIpc) is 3.08. The van der Waals surface area contributed by atoms with Gasteiger partial charge < -0.3 is 5.32 Å². The first-order valence-corrected chi connectivity index (χ1v) is 10.0. The van der Waals surface area contributed by atoms with Gasteiger partial charge in [-0.15, -0.1) is 5.10 Å². The van der Waals surface area contributed by atoms with Gasteiger partial charge in [-0.3, -0.25) is 9.52 Å². The molecule has 13 heteroatoms. The summed E-state index contributed by atoms with van der Waals surface area (Å²) in [6.07, 6.45) is -4.06. The van der Waals surface area contributed by atoms with Crippen molar-refractivity contribution in [3.05, 3.63) is 65.7 Å². The number of carbonyl (C=O) groups is 1. The van der Waals surface area contributed by atoms with Gasteiger partial charge in [0.25, 0.3) is 5.91 Å². The third-order valence-electron chi connectivity index (χ3n) is 3.65. The van der Waals surface area contributed by atoms with Crippen molar-refractivity contribution in [3.63, 3.8) is 0 Å². The van der Waals surface area contributed by atoms with Gasteiger partial charge in [0.2, 0.25) is 10.0 Å². The van der Waals surface area contributed by atoms with Gasteiger partial charge in [-0.2, -0.15) is 13.2 Å². The number of hydrogen-bond donors (Lipinski definition) is 2. The highest BCUT2D eigenvalue weighted by molar-refractivity contribution is 7.92. The highest BCUT2D eigenvalue weighted by Crippen LogP contribution is 2.33. The van der Waals surface area contributed by atoms with Crippen molar-refractivity contribution < 1.29 is 30.8 Å². The molecule has 0 saturated heterocycles. The van der Waals surface area contributed by atoms with Crippen molar-refractivity contribution in [2.75, 3.05) is 16.3 Å². The number of amides is 1. The molecule has 0 aliphatic carbocycles. The lowest BCUT2D eigenvalue weighted by Crippen LogP contribution is -2.21. The van der Waals surface area contributed by atoms with Crippen molar-refractivity contribution in [1.82, 2.24) is 15.0 Å². The van der Waals surface area contributed by atoms with Gasteiger partial charge in [0.15, 0.2) is 11.4 Å². The lowest BCUT2D eigenvalue weighted by Gasteiger charge is -2.11. The predicted octanol–water partition coefficient (Wildman–Crippen LogP) is 3.05. The van der Waals surface area contributed by atoms with Crippen LogP contribution < -0.4 is 10.0 Å². The maximum atomic E-state index is 13.6. The Morgan fingerprint density at radius 1 is 1.07 bits per heavy atom. The molecule has 1 heterocycles. The van der Waals surface area contributed by atoms with Crippen LogP contribution in [0.2, 0.25) is 0 Å². The molecule has 1 amide bonds. The number of aromatic nitrogens is 3. The second kappa shape index (κ2) is 7.74. The fourth-order valence-corrected chi connectivity index (χ4v) is 3.07. The lowest BCUT2D eigenvalue weighted by atomic mass is 10.2. The van der Waals surface area contributed by atoms with E-state index in [2.05, 4.69) is 20.4 Å². The van der Waals surface area contributed by atoms with E-state index in [9.17, 15) is 30.8 Å². The van der Waals surface area contributed by atoms with E-state index in [0.29, 0.717) is 4.68 Å². The van der Waals surface area contributed by atoms with Crippen LogP contribution in [0.25, 0.3) is 5.69 Å². The Labute approximate surface area is 167 Å². The van der Waals surface area contributed by atoms with E-state index in [1.807, 2.05) is 0 Å². The highest BCUT2D eigenvalue weighted by Gasteiger charge is 2.42. The number of hydrogen-bond acceptors (Lipinski definition) is 5. The van der Waals surface area contributed by atoms with E-state index in [-0.39, 0.29) is 17.1 Å². The number of nitrogens with zero attached hydrogens (tertiary/aromatic N) is 3. The maximum absolute atomic E-state index is 13.6. The molecule has 158 valence electrons. The Bertz CT molecular complexity index is 1190. The van der Waals surface area contributed by atoms with Crippen LogP contribution in [0.3, 0.4) is 0 Å². The maximum Gasteiger partial charge on any atom is 0.435 e. The van der Waals surface area contributed by atoms with E-state index in [0.717, 1.165) is 18.4 Å². The van der Waals surface area contributed by atoms with Crippen molar-refractivity contribution in [3.8, 4) is 5.69 Å². The van der Waals surface area contributed by atoms with Gasteiger partial charge in [-0.25, -0.2) is 17.5 Å². The van der Waals surface area contributed by atoms with Gasteiger partial charge in [0.1, 0.15) is 5.82 Å². The first-order chi connectivity index (χ1) is 13.9. The first-order valence-electron chi connectivity index (χ1n) is 8.12. The van der Waals surface area contributed by atoms with Crippen LogP contribution in [0.1, 0.15) is 16.2 Å². The molecule has 3 aromatic rings. The largest absolute Gasteiger partial charge is 0.435 e. The fraction of sp³-hybridized carbons (Fsp3) is 0.118. The monoisotopic (exact) mass is 443 g/mol. The Hall–Kier alpha value is -3.48. The summed E-state index contributed by atoms with van der Waals surface area (Å²) >= 11 is 0. The fourth-order valence-electron chi connectivity index (χ4n) is 2.50. The summed E-state index contributed by atoms with van der Waals surface area (Å²) in [7, 11) is -3.51. The van der Waals surface area contributed by atoms with Crippen LogP contribution in [-0.4, -0.2) is 35.6 Å². The van der Waals surface area contributed by atoms with Crippen LogP contribution in [-0.2, 0) is 16.2 Å². The Kier molecular flexibility index (Phi) is 5.48. The molecule has 0 aliphatic rings. The molecule has 8 nitrogen and oxygen atoms in total. The SMILES string of the molecule is CS(=O)(=O)Nc1ccc(NC(=O)c2nnn(-c3cccc(F)c3)c2C(F)(F)F)cc1. The van der Waals surface area contributed by atoms with E-state index >= 15 is 0 Å². The number of carbonyl (C=O) groups excluding carboxylic acids is 1. The van der Waals surface area contributed by atoms with Crippen molar-refractivity contribution >= 4 is 27.3 Å². The molecule has 30 heavy (non-hydrogen) atoms. The summed E-state index contributed by atoms with van der Waals surface area (Å²) in [6, 6.07) is 9.43. The van der Waals surface area contributed by atoms with E-state index in [1.54, 1.807) is 0 Å². The molecule has 0 fully saturated rings. The molecule has 0 saturated carbocycles. The molecule has 0 aliphatic heterocycles. The molecule has 0 spiro atoms. The number of sulfonamides is 1. The highest BCUT2D eigenvalue weighted by atomic mass is 32.2. The molecule has 0 bridgehead atoms. The number of benzene rings is 2. The first kappa shape index (κ1) is 21.2. The molecule has 3 rings (SSSR count). The number of anilines is 2. The predicted molar refractivity (Wildman–Crippen MR) is 99.2 cm³/mol. The average molecular weight is 443 g/mol. The second-order valence-electron chi connectivity index (χ2n) is 6.08. The van der Waals surface area contributed by atoms with Crippen LogP contribution >= 0.6 is 0 Å². The minimum absolute atomic E-state index is 0.0903. The lowest BCUT2D eigenvalue weighted by molar-refractivity contribution is -0.143. The second-order valence-corrected chi connectivity index (χ2v) is 7.83. The summed E-state index contributed by atoms with van der Waals surface area (Å²) in [5, 5.41) is 8.90. The summed E-state index contributed by atoms with van der Waals surface area (Å²) < 4.78 is 79.1. The van der Waals surface area contributed by atoms with Crippen molar-refractivity contribution in [2.45, 2.75) is 6.18 Å². The zero-order valence-electron chi connectivity index (χ0n) is 15.1. The number of nitrogens with one attached hydrogen (secondary N) is 2. The number of alkyl halides is 3.